The van der Waals surface area contributed by atoms with E-state index in [2.05, 4.69) is 25.4 Å². The first-order valence-electron chi connectivity index (χ1n) is 11.1. The molecule has 2 aromatic carbocycles. The first kappa shape index (κ1) is 22.9. The summed E-state index contributed by atoms with van der Waals surface area (Å²) in [6.45, 7) is 4.23. The topological polar surface area (TPSA) is 115 Å². The molecule has 0 spiro atoms. The van der Waals surface area contributed by atoms with E-state index in [0.29, 0.717) is 54.4 Å². The van der Waals surface area contributed by atoms with Crippen molar-refractivity contribution in [3.05, 3.63) is 66.9 Å². The van der Waals surface area contributed by atoms with Crippen molar-refractivity contribution in [3.63, 3.8) is 0 Å². The molecule has 0 saturated carbocycles. The average molecular weight is 492 g/mol. The van der Waals surface area contributed by atoms with Crippen LogP contribution in [0.5, 0.6) is 0 Å². The number of rotatable bonds is 6. The third-order valence-electron chi connectivity index (χ3n) is 5.66. The van der Waals surface area contributed by atoms with E-state index in [9.17, 15) is 8.42 Å². The van der Waals surface area contributed by atoms with Crippen LogP contribution in [0.25, 0.3) is 16.9 Å². The van der Waals surface area contributed by atoms with Gasteiger partial charge in [0.1, 0.15) is 12.2 Å². The first-order chi connectivity index (χ1) is 16.9. The van der Waals surface area contributed by atoms with Gasteiger partial charge in [-0.25, -0.2) is 28.1 Å². The summed E-state index contributed by atoms with van der Waals surface area (Å²) in [6.07, 6.45) is 4.58. The number of aryl methyl sites for hydroxylation is 1. The van der Waals surface area contributed by atoms with Gasteiger partial charge in [-0.15, -0.1) is 0 Å². The van der Waals surface area contributed by atoms with Gasteiger partial charge in [-0.1, -0.05) is 6.07 Å². The summed E-state index contributed by atoms with van der Waals surface area (Å²) in [6, 6.07) is 14.8. The molecule has 2 aromatic heterocycles. The van der Waals surface area contributed by atoms with Crippen LogP contribution >= 0.6 is 0 Å². The highest BCUT2D eigenvalue weighted by atomic mass is 32.2. The summed E-state index contributed by atoms with van der Waals surface area (Å²) in [5, 5.41) is 7.54. The summed E-state index contributed by atoms with van der Waals surface area (Å²) in [4.78, 5) is 15.5. The first-order valence-corrected chi connectivity index (χ1v) is 13.0. The van der Waals surface area contributed by atoms with Gasteiger partial charge in [-0.05, 0) is 49.4 Å². The van der Waals surface area contributed by atoms with Crippen molar-refractivity contribution in [3.8, 4) is 16.9 Å². The van der Waals surface area contributed by atoms with Crippen LogP contribution in [0.1, 0.15) is 5.82 Å². The number of benzene rings is 2. The summed E-state index contributed by atoms with van der Waals surface area (Å²) < 4.78 is 32.0. The monoisotopic (exact) mass is 491 g/mol. The van der Waals surface area contributed by atoms with Gasteiger partial charge in [0.05, 0.1) is 35.2 Å². The molecule has 0 aliphatic carbocycles. The van der Waals surface area contributed by atoms with Gasteiger partial charge in [0.15, 0.2) is 9.84 Å². The van der Waals surface area contributed by atoms with Crippen LogP contribution < -0.4 is 10.2 Å². The summed E-state index contributed by atoms with van der Waals surface area (Å²) in [5.74, 6) is 1.14. The number of hydrogen-bond acceptors (Lipinski definition) is 9. The number of anilines is 3. The Labute approximate surface area is 203 Å². The number of nitrogens with one attached hydrogen (secondary N) is 1. The van der Waals surface area contributed by atoms with E-state index in [1.165, 1.54) is 6.26 Å². The molecular weight excluding hydrogens is 466 g/mol. The Balaban J connectivity index is 1.41. The fraction of sp³-hybridized carbons (Fsp3) is 0.250. The van der Waals surface area contributed by atoms with Gasteiger partial charge in [0, 0.05) is 36.8 Å². The van der Waals surface area contributed by atoms with Crippen LogP contribution in [0, 0.1) is 6.92 Å². The molecule has 180 valence electrons. The zero-order valence-electron chi connectivity index (χ0n) is 19.4. The molecule has 0 atom stereocenters. The second kappa shape index (κ2) is 9.43. The minimum absolute atomic E-state index is 0.304. The zero-order valence-corrected chi connectivity index (χ0v) is 20.2. The smallest absolute Gasteiger partial charge is 0.227 e. The van der Waals surface area contributed by atoms with Crippen molar-refractivity contribution in [1.82, 2.24) is 24.7 Å². The normalized spacial score (nSPS) is 14.2. The number of hydrogen-bond donors (Lipinski definition) is 1. The lowest BCUT2D eigenvalue weighted by atomic mass is 10.1. The van der Waals surface area contributed by atoms with Crippen LogP contribution in [-0.2, 0) is 14.6 Å². The van der Waals surface area contributed by atoms with Crippen molar-refractivity contribution in [1.29, 1.82) is 0 Å². The Morgan fingerprint density at radius 1 is 1.00 bits per heavy atom. The molecule has 35 heavy (non-hydrogen) atoms. The second-order valence-electron chi connectivity index (χ2n) is 8.23. The molecule has 4 aromatic rings. The molecule has 1 aliphatic heterocycles. The molecule has 3 heterocycles. The van der Waals surface area contributed by atoms with Gasteiger partial charge in [-0.3, -0.25) is 0 Å². The average Bonchev–Trinajstić information content (AvgIpc) is 3.30. The summed E-state index contributed by atoms with van der Waals surface area (Å²) in [7, 11) is -3.39. The van der Waals surface area contributed by atoms with Crippen molar-refractivity contribution in [2.45, 2.75) is 11.8 Å². The van der Waals surface area contributed by atoms with E-state index in [-0.39, 0.29) is 0 Å². The van der Waals surface area contributed by atoms with Crippen LogP contribution in [-0.4, -0.2) is 65.7 Å². The number of aromatic nitrogens is 5. The minimum Gasteiger partial charge on any atom is -0.378 e. The van der Waals surface area contributed by atoms with Gasteiger partial charge < -0.3 is 15.0 Å². The maximum Gasteiger partial charge on any atom is 0.227 e. The molecule has 1 fully saturated rings. The summed E-state index contributed by atoms with van der Waals surface area (Å²) in [5.41, 5.74) is 3.88. The lowest BCUT2D eigenvalue weighted by Crippen LogP contribution is -2.37. The molecule has 1 aliphatic rings. The standard InChI is InChI=1S/C24H25N7O3S/c1-17-26-16-31(29-17)20-6-4-19(5-7-20)27-24-25-10-9-21(28-24)18-3-8-23(35(2,32)33)22(15-18)30-11-13-34-14-12-30/h3-10,15-16H,11-14H2,1-2H3,(H,25,27,28). The Kier molecular flexibility index (Phi) is 6.18. The van der Waals surface area contributed by atoms with E-state index in [0.717, 1.165) is 16.9 Å². The third kappa shape index (κ3) is 5.15. The SMILES string of the molecule is Cc1ncn(-c2ccc(Nc3nccc(-c4ccc(S(C)(=O)=O)c(N5CCOCC5)c4)n3)cc2)n1. The van der Waals surface area contributed by atoms with Gasteiger partial charge in [0.2, 0.25) is 5.95 Å². The van der Waals surface area contributed by atoms with Gasteiger partial charge >= 0.3 is 0 Å². The molecule has 0 amide bonds. The maximum atomic E-state index is 12.4. The molecule has 11 heteroatoms. The van der Waals surface area contributed by atoms with Crippen molar-refractivity contribution in [2.75, 3.05) is 42.8 Å². The highest BCUT2D eigenvalue weighted by Crippen LogP contribution is 2.31. The lowest BCUT2D eigenvalue weighted by Gasteiger charge is -2.30. The Morgan fingerprint density at radius 3 is 2.46 bits per heavy atom. The van der Waals surface area contributed by atoms with E-state index < -0.39 is 9.84 Å². The Morgan fingerprint density at radius 2 is 1.77 bits per heavy atom. The molecule has 0 radical (unpaired) electrons. The highest BCUT2D eigenvalue weighted by molar-refractivity contribution is 7.90. The fourth-order valence-corrected chi connectivity index (χ4v) is 4.80. The predicted octanol–water partition coefficient (Wildman–Crippen LogP) is 3.02. The van der Waals surface area contributed by atoms with Crippen LogP contribution in [0.4, 0.5) is 17.3 Å². The number of sulfone groups is 1. The predicted molar refractivity (Wildman–Crippen MR) is 133 cm³/mol. The molecule has 10 nitrogen and oxygen atoms in total. The number of ether oxygens (including phenoxy) is 1. The lowest BCUT2D eigenvalue weighted by molar-refractivity contribution is 0.122. The zero-order chi connectivity index (χ0) is 24.4. The third-order valence-corrected chi connectivity index (χ3v) is 6.80. The van der Waals surface area contributed by atoms with E-state index in [4.69, 9.17) is 4.74 Å². The van der Waals surface area contributed by atoms with Gasteiger partial charge in [-0.2, -0.15) is 5.10 Å². The molecule has 1 N–H and O–H groups in total. The highest BCUT2D eigenvalue weighted by Gasteiger charge is 2.21. The molecular formula is C24H25N7O3S. The van der Waals surface area contributed by atoms with Crippen LogP contribution in [0.15, 0.2) is 66.0 Å². The van der Waals surface area contributed by atoms with Crippen molar-refractivity contribution < 1.29 is 13.2 Å². The van der Waals surface area contributed by atoms with Crippen LogP contribution in [0.3, 0.4) is 0 Å². The van der Waals surface area contributed by atoms with E-state index in [1.807, 2.05) is 42.2 Å². The van der Waals surface area contributed by atoms with Gasteiger partial charge in [0.25, 0.3) is 0 Å². The minimum atomic E-state index is -3.39. The Bertz CT molecular complexity index is 1450. The van der Waals surface area contributed by atoms with Crippen molar-refractivity contribution in [2.24, 2.45) is 0 Å². The number of morpholine rings is 1. The van der Waals surface area contributed by atoms with Crippen LogP contribution in [0.2, 0.25) is 0 Å². The number of nitrogens with zero attached hydrogens (tertiary/aromatic N) is 6. The van der Waals surface area contributed by atoms with E-state index in [1.54, 1.807) is 35.4 Å². The largest absolute Gasteiger partial charge is 0.378 e. The molecule has 0 bridgehead atoms. The fourth-order valence-electron chi connectivity index (χ4n) is 3.92. The maximum absolute atomic E-state index is 12.4. The Hall–Kier alpha value is -3.83. The molecule has 5 rings (SSSR count). The molecule has 1 saturated heterocycles. The summed E-state index contributed by atoms with van der Waals surface area (Å²) >= 11 is 0. The molecule has 0 unspecified atom stereocenters. The van der Waals surface area contributed by atoms with E-state index >= 15 is 0 Å². The quantitative estimate of drug-likeness (QED) is 0.434. The van der Waals surface area contributed by atoms with Crippen molar-refractivity contribution >= 4 is 27.2 Å². The second-order valence-corrected chi connectivity index (χ2v) is 10.2.